The van der Waals surface area contributed by atoms with Gasteiger partial charge in [-0.2, -0.15) is 0 Å². The molecule has 0 radical (unpaired) electrons. The lowest BCUT2D eigenvalue weighted by molar-refractivity contribution is 0.0681. The van der Waals surface area contributed by atoms with Crippen LogP contribution in [0.4, 0.5) is 0 Å². The molecule has 0 bridgehead atoms. The number of hydrogen-bond acceptors (Lipinski definition) is 5. The first-order chi connectivity index (χ1) is 12.6. The van der Waals surface area contributed by atoms with Crippen molar-refractivity contribution in [2.24, 2.45) is 0 Å². The van der Waals surface area contributed by atoms with Gasteiger partial charge in [0.05, 0.1) is 12.9 Å². The fourth-order valence-electron chi connectivity index (χ4n) is 3.48. The van der Waals surface area contributed by atoms with E-state index in [1.165, 1.54) is 0 Å². The van der Waals surface area contributed by atoms with E-state index in [2.05, 4.69) is 19.7 Å². The average molecular weight is 354 g/mol. The van der Waals surface area contributed by atoms with E-state index in [1.54, 1.807) is 23.5 Å². The Hall–Kier alpha value is -2.90. The fraction of sp³-hybridized carbons (Fsp3) is 0.444. The van der Waals surface area contributed by atoms with Gasteiger partial charge in [0.25, 0.3) is 5.91 Å². The molecule has 8 heteroatoms. The number of carbonyl (C=O) groups is 1. The van der Waals surface area contributed by atoms with Crippen molar-refractivity contribution in [3.63, 3.8) is 0 Å². The van der Waals surface area contributed by atoms with E-state index < -0.39 is 0 Å². The standard InChI is InChI=1S/C18H22N6O2/c1-13-20-21-17-6-3-14(7-9-24(13)17)22(2)18(25)16-5-4-15(26-16)11-23-10-8-19-12-23/h4-5,8,10,12,14H,3,6-7,9,11H2,1-2H3. The molecule has 4 heterocycles. The largest absolute Gasteiger partial charge is 0.454 e. The molecule has 1 aliphatic rings. The quantitative estimate of drug-likeness (QED) is 0.715. The maximum absolute atomic E-state index is 12.8. The minimum Gasteiger partial charge on any atom is -0.454 e. The predicted octanol–water partition coefficient (Wildman–Crippen LogP) is 1.90. The zero-order valence-corrected chi connectivity index (χ0v) is 15.0. The first kappa shape index (κ1) is 16.6. The van der Waals surface area contributed by atoms with Gasteiger partial charge in [-0.3, -0.25) is 4.79 Å². The number of rotatable bonds is 4. The molecule has 4 rings (SSSR count). The number of carbonyl (C=O) groups excluding carboxylic acids is 1. The molecule has 26 heavy (non-hydrogen) atoms. The molecule has 1 atom stereocenters. The molecule has 0 aromatic carbocycles. The van der Waals surface area contributed by atoms with Crippen molar-refractivity contribution in [2.45, 2.75) is 45.3 Å². The predicted molar refractivity (Wildman–Crippen MR) is 93.6 cm³/mol. The summed E-state index contributed by atoms with van der Waals surface area (Å²) in [5.41, 5.74) is 0. The van der Waals surface area contributed by atoms with Crippen LogP contribution in [0, 0.1) is 6.92 Å². The van der Waals surface area contributed by atoms with Crippen molar-refractivity contribution >= 4 is 5.91 Å². The van der Waals surface area contributed by atoms with E-state index in [1.807, 2.05) is 30.8 Å². The molecule has 0 N–H and O–H groups in total. The number of nitrogens with zero attached hydrogens (tertiary/aromatic N) is 6. The van der Waals surface area contributed by atoms with Gasteiger partial charge in [0, 0.05) is 38.4 Å². The summed E-state index contributed by atoms with van der Waals surface area (Å²) in [6.45, 7) is 3.37. The summed E-state index contributed by atoms with van der Waals surface area (Å²) in [5.74, 6) is 2.97. The number of fused-ring (bicyclic) bond motifs is 1. The van der Waals surface area contributed by atoms with Crippen LogP contribution in [0.5, 0.6) is 0 Å². The third kappa shape index (κ3) is 3.14. The molecular formula is C18H22N6O2. The van der Waals surface area contributed by atoms with Crippen LogP contribution in [0.15, 0.2) is 35.3 Å². The number of aromatic nitrogens is 5. The first-order valence-electron chi connectivity index (χ1n) is 8.82. The van der Waals surface area contributed by atoms with Crippen LogP contribution >= 0.6 is 0 Å². The van der Waals surface area contributed by atoms with Gasteiger partial charge in [0.2, 0.25) is 0 Å². The Kier molecular flexibility index (Phi) is 4.32. The van der Waals surface area contributed by atoms with Gasteiger partial charge < -0.3 is 18.5 Å². The van der Waals surface area contributed by atoms with Gasteiger partial charge in [0.15, 0.2) is 5.76 Å². The second-order valence-corrected chi connectivity index (χ2v) is 6.71. The highest BCUT2D eigenvalue weighted by Crippen LogP contribution is 2.21. The molecule has 1 aliphatic heterocycles. The van der Waals surface area contributed by atoms with Crippen molar-refractivity contribution in [1.29, 1.82) is 0 Å². The van der Waals surface area contributed by atoms with Gasteiger partial charge >= 0.3 is 0 Å². The van der Waals surface area contributed by atoms with E-state index in [9.17, 15) is 4.79 Å². The van der Waals surface area contributed by atoms with Gasteiger partial charge in [-0.25, -0.2) is 4.98 Å². The number of amides is 1. The second kappa shape index (κ2) is 6.78. The molecule has 0 spiro atoms. The topological polar surface area (TPSA) is 82.0 Å². The highest BCUT2D eigenvalue weighted by molar-refractivity contribution is 5.91. The van der Waals surface area contributed by atoms with Gasteiger partial charge in [-0.1, -0.05) is 0 Å². The maximum atomic E-state index is 12.8. The summed E-state index contributed by atoms with van der Waals surface area (Å²) in [6.07, 6.45) is 7.90. The number of furan rings is 1. The minimum atomic E-state index is -0.0822. The van der Waals surface area contributed by atoms with Gasteiger partial charge in [-0.15, -0.1) is 10.2 Å². The Labute approximate surface area is 151 Å². The Morgan fingerprint density at radius 1 is 1.35 bits per heavy atom. The molecule has 0 saturated carbocycles. The summed E-state index contributed by atoms with van der Waals surface area (Å²) >= 11 is 0. The SMILES string of the molecule is Cc1nnc2n1CCC(N(C)C(=O)c1ccc(Cn3ccnc3)o1)CC2. The van der Waals surface area contributed by atoms with E-state index in [0.29, 0.717) is 12.3 Å². The van der Waals surface area contributed by atoms with Crippen molar-refractivity contribution in [3.8, 4) is 0 Å². The van der Waals surface area contributed by atoms with Crippen molar-refractivity contribution in [2.75, 3.05) is 7.05 Å². The van der Waals surface area contributed by atoms with Crippen LogP contribution in [0.1, 0.15) is 40.8 Å². The zero-order chi connectivity index (χ0) is 18.1. The average Bonchev–Trinajstić information content (AvgIpc) is 3.35. The maximum Gasteiger partial charge on any atom is 0.289 e. The molecule has 8 nitrogen and oxygen atoms in total. The summed E-state index contributed by atoms with van der Waals surface area (Å²) in [5, 5.41) is 8.37. The van der Waals surface area contributed by atoms with Gasteiger partial charge in [-0.05, 0) is 31.9 Å². The van der Waals surface area contributed by atoms with E-state index >= 15 is 0 Å². The van der Waals surface area contributed by atoms with Gasteiger partial charge in [0.1, 0.15) is 17.4 Å². The monoisotopic (exact) mass is 354 g/mol. The summed E-state index contributed by atoms with van der Waals surface area (Å²) in [6, 6.07) is 3.76. The van der Waals surface area contributed by atoms with E-state index in [4.69, 9.17) is 4.42 Å². The van der Waals surface area contributed by atoms with Crippen LogP contribution in [-0.4, -0.2) is 48.2 Å². The van der Waals surface area contributed by atoms with Crippen molar-refractivity contribution < 1.29 is 9.21 Å². The van der Waals surface area contributed by atoms with Crippen LogP contribution < -0.4 is 0 Å². The minimum absolute atomic E-state index is 0.0822. The van der Waals surface area contributed by atoms with Crippen molar-refractivity contribution in [3.05, 3.63) is 54.0 Å². The van der Waals surface area contributed by atoms with E-state index in [-0.39, 0.29) is 11.9 Å². The van der Waals surface area contributed by atoms with Crippen LogP contribution in [-0.2, 0) is 19.5 Å². The molecule has 0 saturated heterocycles. The lowest BCUT2D eigenvalue weighted by Gasteiger charge is -2.26. The van der Waals surface area contributed by atoms with Crippen LogP contribution in [0.2, 0.25) is 0 Å². The molecule has 3 aromatic rings. The highest BCUT2D eigenvalue weighted by Gasteiger charge is 2.26. The summed E-state index contributed by atoms with van der Waals surface area (Å²) in [4.78, 5) is 18.6. The smallest absolute Gasteiger partial charge is 0.289 e. The number of hydrogen-bond donors (Lipinski definition) is 0. The fourth-order valence-corrected chi connectivity index (χ4v) is 3.48. The van der Waals surface area contributed by atoms with Crippen molar-refractivity contribution in [1.82, 2.24) is 29.2 Å². The lowest BCUT2D eigenvalue weighted by Crippen LogP contribution is -2.37. The molecule has 136 valence electrons. The number of imidazole rings is 1. The zero-order valence-electron chi connectivity index (χ0n) is 15.0. The van der Waals surface area contributed by atoms with Crippen LogP contribution in [0.25, 0.3) is 0 Å². The summed E-state index contributed by atoms with van der Waals surface area (Å²) in [7, 11) is 1.85. The summed E-state index contributed by atoms with van der Waals surface area (Å²) < 4.78 is 9.81. The highest BCUT2D eigenvalue weighted by atomic mass is 16.4. The number of aryl methyl sites for hydroxylation is 2. The second-order valence-electron chi connectivity index (χ2n) is 6.71. The van der Waals surface area contributed by atoms with Crippen LogP contribution in [0.3, 0.4) is 0 Å². The normalized spacial score (nSPS) is 16.9. The molecule has 3 aromatic heterocycles. The molecule has 0 aliphatic carbocycles. The Morgan fingerprint density at radius 2 is 2.23 bits per heavy atom. The lowest BCUT2D eigenvalue weighted by atomic mass is 10.1. The Balaban J connectivity index is 1.42. The molecule has 1 amide bonds. The first-order valence-corrected chi connectivity index (χ1v) is 8.82. The Morgan fingerprint density at radius 3 is 3.04 bits per heavy atom. The van der Waals surface area contributed by atoms with E-state index in [0.717, 1.165) is 43.2 Å². The third-order valence-electron chi connectivity index (χ3n) is 5.04. The molecular weight excluding hydrogens is 332 g/mol. The molecule has 1 unspecified atom stereocenters. The molecule has 0 fully saturated rings. The Bertz CT molecular complexity index is 895. The third-order valence-corrected chi connectivity index (χ3v) is 5.04.